The molecule has 0 N–H and O–H groups in total. The topological polar surface area (TPSA) is 73.0 Å². The first-order chi connectivity index (χ1) is 18.0. The average molecular weight is 514 g/mol. The summed E-state index contributed by atoms with van der Waals surface area (Å²) in [6.07, 6.45) is 5.06. The number of nitrogens with zero attached hydrogens (tertiary/aromatic N) is 5. The van der Waals surface area contributed by atoms with E-state index in [4.69, 9.17) is 4.98 Å². The van der Waals surface area contributed by atoms with E-state index in [0.29, 0.717) is 34.3 Å². The maximum Gasteiger partial charge on any atom is 0.265 e. The van der Waals surface area contributed by atoms with Gasteiger partial charge in [0.25, 0.3) is 5.56 Å². The lowest BCUT2D eigenvalue weighted by atomic mass is 9.90. The number of rotatable bonds is 5. The Morgan fingerprint density at radius 2 is 1.86 bits per heavy atom. The summed E-state index contributed by atoms with van der Waals surface area (Å²) < 4.78 is 3.48. The van der Waals surface area contributed by atoms with Crippen LogP contribution >= 0.6 is 11.8 Å². The van der Waals surface area contributed by atoms with Crippen molar-refractivity contribution in [1.82, 2.24) is 24.2 Å². The molecular formula is C29H31N5O2S. The minimum atomic E-state index is -0.177. The number of thioether (sulfide) groups is 1. The van der Waals surface area contributed by atoms with Gasteiger partial charge < -0.3 is 4.90 Å². The summed E-state index contributed by atoms with van der Waals surface area (Å²) in [7, 11) is 0. The molecule has 1 fully saturated rings. The quantitative estimate of drug-likeness (QED) is 0.361. The number of likely N-dealkylation sites (tertiary alicyclic amines) is 1. The number of benzene rings is 2. The summed E-state index contributed by atoms with van der Waals surface area (Å²) in [5.74, 6) is 1.43. The predicted octanol–water partition coefficient (Wildman–Crippen LogP) is 4.72. The van der Waals surface area contributed by atoms with Crippen molar-refractivity contribution in [1.29, 1.82) is 0 Å². The molecule has 0 spiro atoms. The minimum Gasteiger partial charge on any atom is -0.343 e. The zero-order valence-electron chi connectivity index (χ0n) is 21.3. The molecule has 1 atom stereocenters. The van der Waals surface area contributed by atoms with E-state index in [9.17, 15) is 9.59 Å². The van der Waals surface area contributed by atoms with E-state index in [0.717, 1.165) is 43.6 Å². The third-order valence-electron chi connectivity index (χ3n) is 7.70. The summed E-state index contributed by atoms with van der Waals surface area (Å²) in [6, 6.07) is 16.6. The Hall–Kier alpha value is -3.39. The van der Waals surface area contributed by atoms with Crippen molar-refractivity contribution in [2.45, 2.75) is 50.7 Å². The van der Waals surface area contributed by atoms with Gasteiger partial charge in [0.2, 0.25) is 5.91 Å². The molecule has 4 heterocycles. The Kier molecular flexibility index (Phi) is 6.36. The third-order valence-corrected chi connectivity index (χ3v) is 8.79. The largest absolute Gasteiger partial charge is 0.343 e. The highest BCUT2D eigenvalue weighted by Gasteiger charge is 2.32. The van der Waals surface area contributed by atoms with Crippen LogP contribution < -0.4 is 5.56 Å². The summed E-state index contributed by atoms with van der Waals surface area (Å²) in [5.41, 5.74) is 5.00. The van der Waals surface area contributed by atoms with E-state index in [1.165, 1.54) is 11.1 Å². The smallest absolute Gasteiger partial charge is 0.265 e. The Balaban J connectivity index is 1.17. The Morgan fingerprint density at radius 1 is 1.08 bits per heavy atom. The van der Waals surface area contributed by atoms with Gasteiger partial charge in [0.15, 0.2) is 10.8 Å². The van der Waals surface area contributed by atoms with Gasteiger partial charge in [0.05, 0.1) is 17.9 Å². The first-order valence-corrected chi connectivity index (χ1v) is 14.0. The molecule has 2 aromatic carbocycles. The minimum absolute atomic E-state index is 0.111. The fourth-order valence-corrected chi connectivity index (χ4v) is 6.80. The third kappa shape index (κ3) is 4.59. The first kappa shape index (κ1) is 24.0. The molecule has 6 rings (SSSR count). The molecular weight excluding hydrogens is 482 g/mol. The lowest BCUT2D eigenvalue weighted by Gasteiger charge is -2.33. The van der Waals surface area contributed by atoms with Crippen LogP contribution in [0.2, 0.25) is 0 Å². The number of fused-ring (bicyclic) bond motifs is 2. The van der Waals surface area contributed by atoms with Crippen LogP contribution in [-0.4, -0.2) is 49.0 Å². The highest BCUT2D eigenvalue weighted by molar-refractivity contribution is 7.99. The highest BCUT2D eigenvalue weighted by atomic mass is 32.2. The molecule has 0 aliphatic carbocycles. The molecule has 1 saturated heterocycles. The lowest BCUT2D eigenvalue weighted by molar-refractivity contribution is -0.133. The van der Waals surface area contributed by atoms with Crippen LogP contribution in [-0.2, 0) is 11.2 Å². The van der Waals surface area contributed by atoms with E-state index in [1.54, 1.807) is 27.2 Å². The summed E-state index contributed by atoms with van der Waals surface area (Å²) in [5, 5.41) is 5.67. The molecule has 1 unspecified atom stereocenters. The normalized spacial score (nSPS) is 17.9. The molecule has 7 nitrogen and oxygen atoms in total. The maximum absolute atomic E-state index is 13.5. The van der Waals surface area contributed by atoms with Crippen molar-refractivity contribution in [3.05, 3.63) is 81.8 Å². The molecule has 190 valence electrons. The molecule has 0 saturated carbocycles. The van der Waals surface area contributed by atoms with Crippen LogP contribution in [0.4, 0.5) is 0 Å². The fraction of sp³-hybridized carbons (Fsp3) is 0.379. The number of aryl methyl sites for hydroxylation is 2. The lowest BCUT2D eigenvalue weighted by Crippen LogP contribution is -2.40. The zero-order chi connectivity index (χ0) is 25.5. The summed E-state index contributed by atoms with van der Waals surface area (Å²) in [6.45, 7) is 5.67. The number of hydrogen-bond donors (Lipinski definition) is 0. The van der Waals surface area contributed by atoms with Crippen LogP contribution in [0.3, 0.4) is 0 Å². The molecule has 0 bridgehead atoms. The monoisotopic (exact) mass is 513 g/mol. The Bertz CT molecular complexity index is 1520. The van der Waals surface area contributed by atoms with E-state index < -0.39 is 0 Å². The molecule has 37 heavy (non-hydrogen) atoms. The highest BCUT2D eigenvalue weighted by Crippen LogP contribution is 2.34. The number of hydrogen-bond acceptors (Lipinski definition) is 5. The zero-order valence-corrected chi connectivity index (χ0v) is 22.1. The fourth-order valence-electron chi connectivity index (χ4n) is 5.66. The van der Waals surface area contributed by atoms with Crippen LogP contribution in [0.15, 0.2) is 64.7 Å². The van der Waals surface area contributed by atoms with Crippen molar-refractivity contribution >= 4 is 28.7 Å². The number of piperidine rings is 1. The molecule has 0 radical (unpaired) electrons. The van der Waals surface area contributed by atoms with Gasteiger partial charge in [0, 0.05) is 25.3 Å². The van der Waals surface area contributed by atoms with Gasteiger partial charge in [-0.05, 0) is 56.2 Å². The van der Waals surface area contributed by atoms with Crippen molar-refractivity contribution < 1.29 is 4.79 Å². The van der Waals surface area contributed by atoms with E-state index >= 15 is 0 Å². The second-order valence-corrected chi connectivity index (χ2v) is 11.3. The summed E-state index contributed by atoms with van der Waals surface area (Å²) in [4.78, 5) is 33.6. The van der Waals surface area contributed by atoms with Gasteiger partial charge in [0.1, 0.15) is 5.39 Å². The van der Waals surface area contributed by atoms with E-state index in [-0.39, 0.29) is 17.5 Å². The van der Waals surface area contributed by atoms with Crippen LogP contribution in [0.25, 0.3) is 16.7 Å². The van der Waals surface area contributed by atoms with Gasteiger partial charge in [-0.2, -0.15) is 5.10 Å². The van der Waals surface area contributed by atoms with Gasteiger partial charge >= 0.3 is 0 Å². The average Bonchev–Trinajstić information content (AvgIpc) is 3.50. The van der Waals surface area contributed by atoms with Crippen LogP contribution in [0, 0.1) is 19.8 Å². The van der Waals surface area contributed by atoms with Gasteiger partial charge in [-0.3, -0.25) is 14.2 Å². The van der Waals surface area contributed by atoms with Crippen molar-refractivity contribution in [3.8, 4) is 5.69 Å². The van der Waals surface area contributed by atoms with Gasteiger partial charge in [-0.1, -0.05) is 59.8 Å². The van der Waals surface area contributed by atoms with E-state index in [1.807, 2.05) is 30.0 Å². The number of carbonyl (C=O) groups is 1. The molecule has 8 heteroatoms. The molecule has 4 aromatic rings. The SMILES string of the molecule is Cc1ccc(-n2ncc3c(=O)n4c(nc32)SCC4CC(=O)N2CCC(Cc3ccccc3)CC2)c(C)c1. The maximum atomic E-state index is 13.5. The van der Waals surface area contributed by atoms with Crippen LogP contribution in [0.1, 0.15) is 42.0 Å². The second kappa shape index (κ2) is 9.82. The molecule has 2 aliphatic rings. The first-order valence-electron chi connectivity index (χ1n) is 13.0. The van der Waals surface area contributed by atoms with Crippen molar-refractivity contribution in [3.63, 3.8) is 0 Å². The Labute approximate surface area is 220 Å². The van der Waals surface area contributed by atoms with Crippen molar-refractivity contribution in [2.75, 3.05) is 18.8 Å². The van der Waals surface area contributed by atoms with Crippen molar-refractivity contribution in [2.24, 2.45) is 5.92 Å². The standard InChI is InChI=1S/C29H31N5O2S/c1-19-8-9-25(20(2)14-19)34-27-24(17-30-34)28(36)33-23(18-37-29(33)31-27)16-26(35)32-12-10-22(11-13-32)15-21-6-4-3-5-7-21/h3-9,14,17,22-23H,10-13,15-16,18H2,1-2H3. The van der Waals surface area contributed by atoms with Gasteiger partial charge in [-0.15, -0.1) is 0 Å². The Morgan fingerprint density at radius 3 is 2.62 bits per heavy atom. The number of aromatic nitrogens is 4. The van der Waals surface area contributed by atoms with E-state index in [2.05, 4.69) is 42.4 Å². The second-order valence-electron chi connectivity index (χ2n) is 10.3. The predicted molar refractivity (Wildman–Crippen MR) is 146 cm³/mol. The van der Waals surface area contributed by atoms with Crippen LogP contribution in [0.5, 0.6) is 0 Å². The molecule has 1 amide bonds. The number of carbonyl (C=O) groups excluding carboxylic acids is 1. The van der Waals surface area contributed by atoms with Gasteiger partial charge in [-0.25, -0.2) is 9.67 Å². The molecule has 2 aliphatic heterocycles. The summed E-state index contributed by atoms with van der Waals surface area (Å²) >= 11 is 1.55. The molecule has 2 aromatic heterocycles. The number of amides is 1.